The zero-order chi connectivity index (χ0) is 15.5. The Morgan fingerprint density at radius 3 is 2.81 bits per heavy atom. The highest BCUT2D eigenvalue weighted by Crippen LogP contribution is 2.26. The maximum Gasteiger partial charge on any atom is 0.254 e. The first-order valence-corrected chi connectivity index (χ1v) is 7.78. The maximum atomic E-state index is 12.4. The summed E-state index contributed by atoms with van der Waals surface area (Å²) in [6.45, 7) is 6.75. The Hall–Kier alpha value is -1.88. The Balaban J connectivity index is 2.09. The van der Waals surface area contributed by atoms with Gasteiger partial charge in [-0.05, 0) is 24.4 Å². The predicted octanol–water partition coefficient (Wildman–Crippen LogP) is 3.20. The van der Waals surface area contributed by atoms with Crippen LogP contribution < -0.4 is 10.6 Å². The first-order valence-electron chi connectivity index (χ1n) is 6.90. The van der Waals surface area contributed by atoms with Crippen LogP contribution in [0.4, 0.5) is 5.69 Å². The molecule has 4 nitrogen and oxygen atoms in total. The third-order valence-corrected chi connectivity index (χ3v) is 4.67. The van der Waals surface area contributed by atoms with Gasteiger partial charge in [-0.25, -0.2) is 0 Å². The molecule has 0 bridgehead atoms. The minimum atomic E-state index is -0.100. The van der Waals surface area contributed by atoms with Crippen molar-refractivity contribution in [2.24, 2.45) is 0 Å². The van der Waals surface area contributed by atoms with E-state index >= 15 is 0 Å². The van der Waals surface area contributed by atoms with Crippen LogP contribution in [-0.2, 0) is 5.41 Å². The number of pyridine rings is 1. The molecular weight excluding hydrogens is 282 g/mol. The number of nitrogens with zero attached hydrogens (tertiary/aromatic N) is 1. The number of anilines is 1. The number of carbonyl (C=O) groups excluding carboxylic acids is 1. The molecule has 0 fully saturated rings. The van der Waals surface area contributed by atoms with Crippen LogP contribution in [0, 0.1) is 6.92 Å². The minimum absolute atomic E-state index is 0.0816. The van der Waals surface area contributed by atoms with E-state index in [0.717, 1.165) is 11.4 Å². The lowest BCUT2D eigenvalue weighted by Crippen LogP contribution is -2.36. The monoisotopic (exact) mass is 303 g/mol. The molecule has 21 heavy (non-hydrogen) atoms. The molecule has 112 valence electrons. The summed E-state index contributed by atoms with van der Waals surface area (Å²) in [6.07, 6.45) is 1.62. The molecule has 0 aliphatic heterocycles. The molecule has 0 unspecified atom stereocenters. The van der Waals surface area contributed by atoms with Gasteiger partial charge in [-0.3, -0.25) is 9.78 Å². The van der Waals surface area contributed by atoms with Crippen molar-refractivity contribution in [1.29, 1.82) is 0 Å². The largest absolute Gasteiger partial charge is 0.387 e. The molecule has 2 heterocycles. The highest BCUT2D eigenvalue weighted by molar-refractivity contribution is 7.10. The standard InChI is InChI=1S/C16H21N3OS/c1-11-8-13(17-4)12(9-18-11)15(20)19-10-16(2,3)14-6-5-7-21-14/h5-9H,10H2,1-4H3,(H,17,18)(H,19,20). The number of amides is 1. The third-order valence-electron chi connectivity index (χ3n) is 3.43. The highest BCUT2D eigenvalue weighted by Gasteiger charge is 2.23. The lowest BCUT2D eigenvalue weighted by molar-refractivity contribution is 0.0946. The fourth-order valence-corrected chi connectivity index (χ4v) is 2.95. The van der Waals surface area contributed by atoms with Crippen molar-refractivity contribution < 1.29 is 4.79 Å². The van der Waals surface area contributed by atoms with Gasteiger partial charge in [-0.15, -0.1) is 11.3 Å². The molecule has 0 radical (unpaired) electrons. The Morgan fingerprint density at radius 1 is 1.43 bits per heavy atom. The van der Waals surface area contributed by atoms with Crippen LogP contribution in [0.5, 0.6) is 0 Å². The Labute approximate surface area is 129 Å². The topological polar surface area (TPSA) is 54.0 Å². The molecule has 2 aromatic rings. The van der Waals surface area contributed by atoms with E-state index < -0.39 is 0 Å². The van der Waals surface area contributed by atoms with Gasteiger partial charge in [0.05, 0.1) is 11.3 Å². The molecule has 0 saturated heterocycles. The lowest BCUT2D eigenvalue weighted by Gasteiger charge is -2.24. The molecule has 2 rings (SSSR count). The Morgan fingerprint density at radius 2 is 2.19 bits per heavy atom. The third kappa shape index (κ3) is 3.61. The molecular formula is C16H21N3OS. The van der Waals surface area contributed by atoms with Crippen LogP contribution in [0.2, 0.25) is 0 Å². The molecule has 2 aromatic heterocycles. The predicted molar refractivity (Wildman–Crippen MR) is 88.2 cm³/mol. The van der Waals surface area contributed by atoms with Crippen molar-refractivity contribution >= 4 is 22.9 Å². The number of aryl methyl sites for hydroxylation is 1. The first kappa shape index (κ1) is 15.5. The van der Waals surface area contributed by atoms with Gasteiger partial charge in [0.25, 0.3) is 5.91 Å². The Kier molecular flexibility index (Phi) is 4.63. The summed E-state index contributed by atoms with van der Waals surface area (Å²) in [4.78, 5) is 17.8. The molecule has 1 amide bonds. The van der Waals surface area contributed by atoms with E-state index in [2.05, 4.69) is 40.9 Å². The van der Waals surface area contributed by atoms with Crippen molar-refractivity contribution in [3.63, 3.8) is 0 Å². The van der Waals surface area contributed by atoms with Gasteiger partial charge in [0, 0.05) is 35.8 Å². The molecule has 0 aliphatic carbocycles. The fourth-order valence-electron chi connectivity index (χ4n) is 2.09. The number of aromatic nitrogens is 1. The van der Waals surface area contributed by atoms with Crippen molar-refractivity contribution in [2.75, 3.05) is 18.9 Å². The van der Waals surface area contributed by atoms with Gasteiger partial charge in [0.2, 0.25) is 0 Å². The summed E-state index contributed by atoms with van der Waals surface area (Å²) in [5.41, 5.74) is 2.18. The smallest absolute Gasteiger partial charge is 0.254 e. The Bertz CT molecular complexity index is 620. The number of carbonyl (C=O) groups is 1. The van der Waals surface area contributed by atoms with Crippen molar-refractivity contribution in [3.8, 4) is 0 Å². The van der Waals surface area contributed by atoms with E-state index in [-0.39, 0.29) is 11.3 Å². The molecule has 0 saturated carbocycles. The molecule has 5 heteroatoms. The second-order valence-corrected chi connectivity index (χ2v) is 6.61. The van der Waals surface area contributed by atoms with E-state index in [4.69, 9.17) is 0 Å². The van der Waals surface area contributed by atoms with Crippen LogP contribution in [0.25, 0.3) is 0 Å². The van der Waals surface area contributed by atoms with Gasteiger partial charge in [-0.1, -0.05) is 19.9 Å². The molecule has 0 spiro atoms. The number of thiophene rings is 1. The molecule has 2 N–H and O–H groups in total. The van der Waals surface area contributed by atoms with E-state index in [9.17, 15) is 4.79 Å². The quantitative estimate of drug-likeness (QED) is 0.892. The van der Waals surface area contributed by atoms with Gasteiger partial charge < -0.3 is 10.6 Å². The van der Waals surface area contributed by atoms with Crippen LogP contribution >= 0.6 is 11.3 Å². The van der Waals surface area contributed by atoms with Crippen molar-refractivity contribution in [1.82, 2.24) is 10.3 Å². The molecule has 0 aromatic carbocycles. The number of hydrogen-bond donors (Lipinski definition) is 2. The summed E-state index contributed by atoms with van der Waals surface area (Å²) in [6, 6.07) is 6.01. The van der Waals surface area contributed by atoms with Gasteiger partial charge in [0.15, 0.2) is 0 Å². The van der Waals surface area contributed by atoms with E-state index in [1.807, 2.05) is 19.1 Å². The second kappa shape index (κ2) is 6.26. The minimum Gasteiger partial charge on any atom is -0.387 e. The van der Waals surface area contributed by atoms with E-state index in [1.54, 1.807) is 24.6 Å². The zero-order valence-corrected chi connectivity index (χ0v) is 13.7. The molecule has 0 aliphatic rings. The second-order valence-electron chi connectivity index (χ2n) is 5.67. The summed E-state index contributed by atoms with van der Waals surface area (Å²) in [5.74, 6) is -0.100. The fraction of sp³-hybridized carbons (Fsp3) is 0.375. The van der Waals surface area contributed by atoms with Gasteiger partial charge in [-0.2, -0.15) is 0 Å². The van der Waals surface area contributed by atoms with Gasteiger partial charge >= 0.3 is 0 Å². The highest BCUT2D eigenvalue weighted by atomic mass is 32.1. The number of nitrogens with one attached hydrogen (secondary N) is 2. The van der Waals surface area contributed by atoms with Crippen LogP contribution in [-0.4, -0.2) is 24.5 Å². The van der Waals surface area contributed by atoms with E-state index in [1.165, 1.54) is 4.88 Å². The van der Waals surface area contributed by atoms with Gasteiger partial charge in [0.1, 0.15) is 0 Å². The van der Waals surface area contributed by atoms with Crippen LogP contribution in [0.15, 0.2) is 29.8 Å². The average Bonchev–Trinajstić information content (AvgIpc) is 2.99. The average molecular weight is 303 g/mol. The summed E-state index contributed by atoms with van der Waals surface area (Å²) < 4.78 is 0. The number of hydrogen-bond acceptors (Lipinski definition) is 4. The van der Waals surface area contributed by atoms with E-state index in [0.29, 0.717) is 12.1 Å². The summed E-state index contributed by atoms with van der Waals surface area (Å²) >= 11 is 1.71. The number of rotatable bonds is 5. The van der Waals surface area contributed by atoms with Crippen molar-refractivity contribution in [2.45, 2.75) is 26.2 Å². The lowest BCUT2D eigenvalue weighted by atomic mass is 9.91. The first-order chi connectivity index (χ1) is 9.94. The SMILES string of the molecule is CNc1cc(C)ncc1C(=O)NCC(C)(C)c1cccs1. The molecule has 0 atom stereocenters. The van der Waals surface area contributed by atoms with Crippen LogP contribution in [0.3, 0.4) is 0 Å². The maximum absolute atomic E-state index is 12.4. The summed E-state index contributed by atoms with van der Waals surface area (Å²) in [7, 11) is 1.81. The zero-order valence-electron chi connectivity index (χ0n) is 12.9. The summed E-state index contributed by atoms with van der Waals surface area (Å²) in [5, 5.41) is 8.11. The normalized spacial score (nSPS) is 11.2. The van der Waals surface area contributed by atoms with Crippen LogP contribution in [0.1, 0.15) is 34.8 Å². The van der Waals surface area contributed by atoms with Crippen molar-refractivity contribution in [3.05, 3.63) is 45.9 Å².